The largest absolute Gasteiger partial charge is 0.472 e. The number of hydrogen-bond acceptors (Lipinski definition) is 9. The minimum atomic E-state index is -4.63. The zero-order valence-electron chi connectivity index (χ0n) is 35.6. The van der Waals surface area contributed by atoms with Gasteiger partial charge >= 0.3 is 19.8 Å². The number of unbranched alkanes of at least 4 members (excludes halogenated alkanes) is 22. The lowest BCUT2D eigenvalue weighted by atomic mass is 10.0. The van der Waals surface area contributed by atoms with E-state index in [1.54, 1.807) is 0 Å². The van der Waals surface area contributed by atoms with Gasteiger partial charge in [0.15, 0.2) is 6.10 Å². The standard InChI is InChI=1S/C45H83O10P/c1-3-5-7-9-11-13-15-17-19-21-23-24-26-28-30-32-34-36-44(48)52-40-43(41-54-56(50,51)53-39-42(47)38-46)55-45(49)37-35-33-31-29-27-25-22-20-18-16-14-12-10-8-6-4-2/h17,19,23-24,28,30,42-43,46-47H,3-16,18,20-22,25-27,29,31-41H2,1-2H3,(H,50,51)/b19-17+,24-23+,30-28+/t42-,43+/m0/s1. The maximum atomic E-state index is 12.6. The van der Waals surface area contributed by atoms with E-state index in [0.29, 0.717) is 19.3 Å². The third kappa shape index (κ3) is 40.4. The Balaban J connectivity index is 4.34. The minimum Gasteiger partial charge on any atom is -0.462 e. The van der Waals surface area contributed by atoms with Gasteiger partial charge in [-0.15, -0.1) is 0 Å². The Hall–Kier alpha value is -1.81. The van der Waals surface area contributed by atoms with E-state index in [-0.39, 0.29) is 19.4 Å². The van der Waals surface area contributed by atoms with Crippen molar-refractivity contribution in [3.05, 3.63) is 36.5 Å². The molecule has 0 rings (SSSR count). The third-order valence-corrected chi connectivity index (χ3v) is 10.5. The number of phosphoric acid groups is 1. The van der Waals surface area contributed by atoms with Crippen LogP contribution in [0, 0.1) is 0 Å². The van der Waals surface area contributed by atoms with Crippen LogP contribution in [-0.2, 0) is 32.7 Å². The summed E-state index contributed by atoms with van der Waals surface area (Å²) in [5.41, 5.74) is 0. The van der Waals surface area contributed by atoms with Gasteiger partial charge in [0.2, 0.25) is 0 Å². The van der Waals surface area contributed by atoms with Gasteiger partial charge in [-0.05, 0) is 44.9 Å². The van der Waals surface area contributed by atoms with E-state index in [1.165, 1.54) is 116 Å². The van der Waals surface area contributed by atoms with Crippen molar-refractivity contribution < 1.29 is 47.8 Å². The maximum Gasteiger partial charge on any atom is 0.472 e. The van der Waals surface area contributed by atoms with Crippen molar-refractivity contribution in [2.24, 2.45) is 0 Å². The van der Waals surface area contributed by atoms with E-state index in [4.69, 9.17) is 19.1 Å². The second kappa shape index (κ2) is 41.4. The molecule has 0 amide bonds. The van der Waals surface area contributed by atoms with Crippen molar-refractivity contribution in [2.45, 2.75) is 212 Å². The summed E-state index contributed by atoms with van der Waals surface area (Å²) >= 11 is 0. The molecule has 0 aliphatic rings. The van der Waals surface area contributed by atoms with Crippen LogP contribution in [0.4, 0.5) is 0 Å². The van der Waals surface area contributed by atoms with E-state index in [2.05, 4.69) is 48.8 Å². The molecule has 1 unspecified atom stereocenters. The van der Waals surface area contributed by atoms with Crippen molar-refractivity contribution in [1.82, 2.24) is 0 Å². The molecule has 56 heavy (non-hydrogen) atoms. The van der Waals surface area contributed by atoms with Gasteiger partial charge < -0.3 is 24.6 Å². The smallest absolute Gasteiger partial charge is 0.462 e. The van der Waals surface area contributed by atoms with Gasteiger partial charge in [0.25, 0.3) is 0 Å². The maximum absolute atomic E-state index is 12.6. The summed E-state index contributed by atoms with van der Waals surface area (Å²) in [6.45, 7) is 2.34. The van der Waals surface area contributed by atoms with Crippen LogP contribution >= 0.6 is 7.82 Å². The SMILES string of the molecule is CCCCCCCC/C=C/C/C=C/C/C=C/CCCC(=O)OC[C@H](COP(=O)(O)OC[C@@H](O)CO)OC(=O)CCCCCCCCCCCCCCCCCC. The Morgan fingerprint density at radius 1 is 0.536 bits per heavy atom. The molecule has 0 saturated heterocycles. The molecule has 11 heteroatoms. The Morgan fingerprint density at radius 3 is 1.45 bits per heavy atom. The van der Waals surface area contributed by atoms with Crippen molar-refractivity contribution in [1.29, 1.82) is 0 Å². The number of hydrogen-bond donors (Lipinski definition) is 3. The lowest BCUT2D eigenvalue weighted by Crippen LogP contribution is -2.29. The number of esters is 2. The fraction of sp³-hybridized carbons (Fsp3) is 0.822. The monoisotopic (exact) mass is 815 g/mol. The second-order valence-corrected chi connectivity index (χ2v) is 16.5. The average molecular weight is 815 g/mol. The Kier molecular flexibility index (Phi) is 40.0. The van der Waals surface area contributed by atoms with Gasteiger partial charge in [-0.1, -0.05) is 179 Å². The predicted octanol–water partition coefficient (Wildman–Crippen LogP) is 11.9. The predicted molar refractivity (Wildman–Crippen MR) is 228 cm³/mol. The topological polar surface area (TPSA) is 149 Å². The molecule has 10 nitrogen and oxygen atoms in total. The fourth-order valence-corrected chi connectivity index (χ4v) is 6.86. The lowest BCUT2D eigenvalue weighted by Gasteiger charge is -2.20. The van der Waals surface area contributed by atoms with Gasteiger partial charge in [0.1, 0.15) is 12.7 Å². The van der Waals surface area contributed by atoms with E-state index < -0.39 is 51.8 Å². The van der Waals surface area contributed by atoms with Gasteiger partial charge in [-0.3, -0.25) is 18.6 Å². The molecular weight excluding hydrogens is 731 g/mol. The first kappa shape index (κ1) is 54.2. The number of ether oxygens (including phenoxy) is 2. The number of aliphatic hydroxyl groups excluding tert-OH is 2. The average Bonchev–Trinajstić information content (AvgIpc) is 3.19. The molecule has 0 spiro atoms. The van der Waals surface area contributed by atoms with Gasteiger partial charge in [-0.25, -0.2) is 4.57 Å². The third-order valence-electron chi connectivity index (χ3n) is 9.55. The first-order valence-corrected chi connectivity index (χ1v) is 23.9. The number of rotatable bonds is 42. The molecule has 0 aliphatic heterocycles. The van der Waals surface area contributed by atoms with Crippen molar-refractivity contribution in [2.75, 3.05) is 26.4 Å². The summed E-state index contributed by atoms with van der Waals surface area (Å²) in [6.07, 6.45) is 42.6. The zero-order valence-corrected chi connectivity index (χ0v) is 36.5. The summed E-state index contributed by atoms with van der Waals surface area (Å²) in [4.78, 5) is 35.0. The van der Waals surface area contributed by atoms with Crippen molar-refractivity contribution in [3.63, 3.8) is 0 Å². The quantitative estimate of drug-likeness (QED) is 0.0235. The summed E-state index contributed by atoms with van der Waals surface area (Å²) in [6, 6.07) is 0. The molecule has 0 radical (unpaired) electrons. The highest BCUT2D eigenvalue weighted by molar-refractivity contribution is 7.47. The van der Waals surface area contributed by atoms with Crippen LogP contribution in [0.5, 0.6) is 0 Å². The van der Waals surface area contributed by atoms with E-state index in [9.17, 15) is 24.2 Å². The number of carbonyl (C=O) groups excluding carboxylic acids is 2. The van der Waals surface area contributed by atoms with Gasteiger partial charge in [0.05, 0.1) is 19.8 Å². The second-order valence-electron chi connectivity index (χ2n) is 15.1. The Morgan fingerprint density at radius 2 is 0.946 bits per heavy atom. The molecule has 0 aromatic carbocycles. The Labute approximate surface area is 341 Å². The molecule has 0 aromatic heterocycles. The highest BCUT2D eigenvalue weighted by atomic mass is 31.2. The van der Waals surface area contributed by atoms with Crippen molar-refractivity contribution >= 4 is 19.8 Å². The van der Waals surface area contributed by atoms with E-state index in [1.807, 2.05) is 6.08 Å². The number of carbonyl (C=O) groups is 2. The molecule has 0 saturated carbocycles. The molecule has 3 N–H and O–H groups in total. The minimum absolute atomic E-state index is 0.172. The summed E-state index contributed by atoms with van der Waals surface area (Å²) < 4.78 is 32.7. The first-order valence-electron chi connectivity index (χ1n) is 22.4. The summed E-state index contributed by atoms with van der Waals surface area (Å²) in [7, 11) is -4.63. The number of phosphoric ester groups is 1. The van der Waals surface area contributed by atoms with E-state index >= 15 is 0 Å². The zero-order chi connectivity index (χ0) is 41.2. The molecule has 0 bridgehead atoms. The summed E-state index contributed by atoms with van der Waals surface area (Å²) in [5.74, 6) is -0.979. The van der Waals surface area contributed by atoms with Gasteiger partial charge in [-0.2, -0.15) is 0 Å². The van der Waals surface area contributed by atoms with Crippen LogP contribution in [0.3, 0.4) is 0 Å². The van der Waals surface area contributed by atoms with Crippen LogP contribution in [0.2, 0.25) is 0 Å². The van der Waals surface area contributed by atoms with Crippen LogP contribution in [0.25, 0.3) is 0 Å². The highest BCUT2D eigenvalue weighted by Gasteiger charge is 2.27. The van der Waals surface area contributed by atoms with Crippen LogP contribution in [0.1, 0.15) is 200 Å². The lowest BCUT2D eigenvalue weighted by molar-refractivity contribution is -0.161. The fourth-order valence-electron chi connectivity index (χ4n) is 6.07. The molecule has 0 aromatic rings. The van der Waals surface area contributed by atoms with Crippen molar-refractivity contribution in [3.8, 4) is 0 Å². The number of aliphatic hydroxyl groups is 2. The molecular formula is C45H83O10P. The van der Waals surface area contributed by atoms with Crippen LogP contribution in [0.15, 0.2) is 36.5 Å². The highest BCUT2D eigenvalue weighted by Crippen LogP contribution is 2.43. The molecule has 0 fully saturated rings. The summed E-state index contributed by atoms with van der Waals surface area (Å²) in [5, 5.41) is 18.3. The van der Waals surface area contributed by atoms with E-state index in [0.717, 1.165) is 38.5 Å². The molecule has 0 heterocycles. The molecule has 3 atom stereocenters. The van der Waals surface area contributed by atoms with Gasteiger partial charge in [0, 0.05) is 12.8 Å². The molecule has 0 aliphatic carbocycles. The van der Waals surface area contributed by atoms with Crippen LogP contribution < -0.4 is 0 Å². The number of allylic oxidation sites excluding steroid dienone is 6. The van der Waals surface area contributed by atoms with Crippen LogP contribution in [-0.4, -0.2) is 65.7 Å². The molecule has 328 valence electrons. The Bertz CT molecular complexity index is 1030. The normalized spacial score (nSPS) is 14.2. The first-order chi connectivity index (χ1) is 27.2.